The SMILES string of the molecule is Cc1ncc(CNC(=O)c2cccc(C#CCN)c2C)s1. The van der Waals surface area contributed by atoms with E-state index in [1.54, 1.807) is 23.6 Å². The number of benzene rings is 1. The molecule has 2 aromatic rings. The van der Waals surface area contributed by atoms with Gasteiger partial charge in [0.15, 0.2) is 0 Å². The van der Waals surface area contributed by atoms with Crippen LogP contribution in [0.1, 0.15) is 31.4 Å². The molecule has 0 aliphatic carbocycles. The van der Waals surface area contributed by atoms with E-state index in [1.165, 1.54) is 0 Å². The van der Waals surface area contributed by atoms with Crippen molar-refractivity contribution in [1.82, 2.24) is 10.3 Å². The Morgan fingerprint density at radius 3 is 2.90 bits per heavy atom. The average molecular weight is 299 g/mol. The van der Waals surface area contributed by atoms with E-state index in [2.05, 4.69) is 22.1 Å². The van der Waals surface area contributed by atoms with Crippen molar-refractivity contribution >= 4 is 17.2 Å². The maximum absolute atomic E-state index is 12.3. The van der Waals surface area contributed by atoms with Crippen molar-refractivity contribution < 1.29 is 4.79 Å². The molecule has 0 unspecified atom stereocenters. The summed E-state index contributed by atoms with van der Waals surface area (Å²) in [6.07, 6.45) is 1.79. The summed E-state index contributed by atoms with van der Waals surface area (Å²) < 4.78 is 0. The number of hydrogen-bond acceptors (Lipinski definition) is 4. The smallest absolute Gasteiger partial charge is 0.251 e. The lowest BCUT2D eigenvalue weighted by atomic mass is 10.0. The second kappa shape index (κ2) is 7.02. The molecule has 0 aliphatic heterocycles. The third-order valence-corrected chi connectivity index (χ3v) is 3.91. The molecule has 4 nitrogen and oxygen atoms in total. The highest BCUT2D eigenvalue weighted by atomic mass is 32.1. The van der Waals surface area contributed by atoms with Crippen LogP contribution >= 0.6 is 11.3 Å². The van der Waals surface area contributed by atoms with Crippen molar-refractivity contribution in [1.29, 1.82) is 0 Å². The topological polar surface area (TPSA) is 68.0 Å². The molecule has 1 heterocycles. The van der Waals surface area contributed by atoms with Crippen molar-refractivity contribution in [2.75, 3.05) is 6.54 Å². The number of aryl methyl sites for hydroxylation is 1. The normalized spacial score (nSPS) is 9.86. The number of carbonyl (C=O) groups excluding carboxylic acids is 1. The highest BCUT2D eigenvalue weighted by Crippen LogP contribution is 2.14. The molecule has 0 spiro atoms. The molecule has 0 aliphatic rings. The summed E-state index contributed by atoms with van der Waals surface area (Å²) in [6.45, 7) is 4.63. The van der Waals surface area contributed by atoms with Gasteiger partial charge in [-0.1, -0.05) is 17.9 Å². The van der Waals surface area contributed by atoms with Gasteiger partial charge in [0.05, 0.1) is 18.1 Å². The molecule has 0 atom stereocenters. The number of amides is 1. The van der Waals surface area contributed by atoms with Crippen molar-refractivity contribution in [2.24, 2.45) is 5.73 Å². The third-order valence-electron chi connectivity index (χ3n) is 3.00. The number of carbonyl (C=O) groups is 1. The predicted octanol–water partition coefficient (Wildman–Crippen LogP) is 2.00. The minimum atomic E-state index is -0.102. The van der Waals surface area contributed by atoms with Crippen molar-refractivity contribution in [2.45, 2.75) is 20.4 Å². The first-order chi connectivity index (χ1) is 10.1. The Morgan fingerprint density at radius 2 is 2.24 bits per heavy atom. The van der Waals surface area contributed by atoms with Crippen LogP contribution in [0.2, 0.25) is 0 Å². The van der Waals surface area contributed by atoms with Crippen LogP contribution in [0.15, 0.2) is 24.4 Å². The molecule has 1 aromatic carbocycles. The van der Waals surface area contributed by atoms with Crippen molar-refractivity contribution in [3.63, 3.8) is 0 Å². The van der Waals surface area contributed by atoms with Crippen molar-refractivity contribution in [3.05, 3.63) is 51.0 Å². The van der Waals surface area contributed by atoms with Gasteiger partial charge in [0.25, 0.3) is 5.91 Å². The largest absolute Gasteiger partial charge is 0.347 e. The molecule has 0 radical (unpaired) electrons. The van der Waals surface area contributed by atoms with Crippen LogP contribution in [-0.4, -0.2) is 17.4 Å². The summed E-state index contributed by atoms with van der Waals surface area (Å²) in [7, 11) is 0. The monoisotopic (exact) mass is 299 g/mol. The van der Waals surface area contributed by atoms with Gasteiger partial charge >= 0.3 is 0 Å². The van der Waals surface area contributed by atoms with Gasteiger partial charge in [-0.05, 0) is 31.5 Å². The zero-order valence-corrected chi connectivity index (χ0v) is 12.9. The van der Waals surface area contributed by atoms with Gasteiger partial charge in [-0.15, -0.1) is 11.3 Å². The quantitative estimate of drug-likeness (QED) is 0.852. The van der Waals surface area contributed by atoms with E-state index >= 15 is 0 Å². The first-order valence-electron chi connectivity index (χ1n) is 6.60. The van der Waals surface area contributed by atoms with Gasteiger partial charge in [0.1, 0.15) is 0 Å². The third kappa shape index (κ3) is 3.91. The van der Waals surface area contributed by atoms with E-state index in [9.17, 15) is 4.79 Å². The van der Waals surface area contributed by atoms with Crippen LogP contribution in [0.25, 0.3) is 0 Å². The molecule has 0 bridgehead atoms. The number of hydrogen-bond donors (Lipinski definition) is 2. The maximum atomic E-state index is 12.3. The van der Waals surface area contributed by atoms with Gasteiger partial charge in [0, 0.05) is 22.2 Å². The predicted molar refractivity (Wildman–Crippen MR) is 85.1 cm³/mol. The lowest BCUT2D eigenvalue weighted by Gasteiger charge is -2.08. The van der Waals surface area contributed by atoms with Gasteiger partial charge in [-0.2, -0.15) is 0 Å². The molecule has 108 valence electrons. The standard InChI is InChI=1S/C16H17N3OS/c1-11-13(6-4-8-17)5-3-7-15(11)16(20)19-10-14-9-18-12(2)21-14/h3,5,7,9H,8,10,17H2,1-2H3,(H,19,20). The maximum Gasteiger partial charge on any atom is 0.251 e. The first-order valence-corrected chi connectivity index (χ1v) is 7.41. The summed E-state index contributed by atoms with van der Waals surface area (Å²) >= 11 is 1.58. The zero-order valence-electron chi connectivity index (χ0n) is 12.1. The Hall–Kier alpha value is -2.16. The van der Waals surface area contributed by atoms with E-state index in [4.69, 9.17) is 5.73 Å². The Kier molecular flexibility index (Phi) is 5.09. The number of aromatic nitrogens is 1. The minimum Gasteiger partial charge on any atom is -0.347 e. The molecule has 5 heteroatoms. The molecule has 21 heavy (non-hydrogen) atoms. The van der Waals surface area contributed by atoms with Crippen LogP contribution < -0.4 is 11.1 Å². The summed E-state index contributed by atoms with van der Waals surface area (Å²) in [5.74, 6) is 5.69. The number of rotatable bonds is 3. The van der Waals surface area contributed by atoms with Gasteiger partial charge < -0.3 is 11.1 Å². The molecule has 0 saturated heterocycles. The van der Waals surface area contributed by atoms with Crippen LogP contribution in [0, 0.1) is 25.7 Å². The lowest BCUT2D eigenvalue weighted by Crippen LogP contribution is -2.23. The first kappa shape index (κ1) is 15.2. The average Bonchev–Trinajstić information content (AvgIpc) is 2.89. The lowest BCUT2D eigenvalue weighted by molar-refractivity contribution is 0.0950. The summed E-state index contributed by atoms with van der Waals surface area (Å²) in [4.78, 5) is 17.5. The number of nitrogens with two attached hydrogens (primary N) is 1. The van der Waals surface area contributed by atoms with Crippen LogP contribution in [0.5, 0.6) is 0 Å². The van der Waals surface area contributed by atoms with E-state index in [0.717, 1.165) is 21.0 Å². The summed E-state index contributed by atoms with van der Waals surface area (Å²) in [5.41, 5.74) is 7.73. The Balaban J connectivity index is 2.12. The molecule has 1 aromatic heterocycles. The number of nitrogens with zero attached hydrogens (tertiary/aromatic N) is 1. The van der Waals surface area contributed by atoms with Crippen LogP contribution in [0.4, 0.5) is 0 Å². The molecular weight excluding hydrogens is 282 g/mol. The Morgan fingerprint density at radius 1 is 1.43 bits per heavy atom. The zero-order chi connectivity index (χ0) is 15.2. The molecule has 2 rings (SSSR count). The van der Waals surface area contributed by atoms with Crippen molar-refractivity contribution in [3.8, 4) is 11.8 Å². The van der Waals surface area contributed by atoms with E-state index in [1.807, 2.05) is 26.0 Å². The fourth-order valence-corrected chi connectivity index (χ4v) is 2.65. The highest BCUT2D eigenvalue weighted by molar-refractivity contribution is 7.11. The summed E-state index contributed by atoms with van der Waals surface area (Å²) in [5, 5.41) is 3.91. The van der Waals surface area contributed by atoms with Crippen LogP contribution in [0.3, 0.4) is 0 Å². The van der Waals surface area contributed by atoms with E-state index in [-0.39, 0.29) is 5.91 Å². The molecular formula is C16H17N3OS. The minimum absolute atomic E-state index is 0.102. The molecule has 0 fully saturated rings. The Bertz CT molecular complexity index is 710. The molecule has 3 N–H and O–H groups in total. The molecule has 1 amide bonds. The summed E-state index contributed by atoms with van der Waals surface area (Å²) in [6, 6.07) is 5.52. The fourth-order valence-electron chi connectivity index (χ4n) is 1.91. The number of nitrogens with one attached hydrogen (secondary N) is 1. The second-order valence-corrected chi connectivity index (χ2v) is 5.83. The van der Waals surface area contributed by atoms with Gasteiger partial charge in [-0.25, -0.2) is 4.98 Å². The molecule has 0 saturated carbocycles. The second-order valence-electron chi connectivity index (χ2n) is 4.51. The fraction of sp³-hybridized carbons (Fsp3) is 0.250. The Labute approximate surface area is 128 Å². The van der Waals surface area contributed by atoms with E-state index in [0.29, 0.717) is 18.7 Å². The van der Waals surface area contributed by atoms with Crippen LogP contribution in [-0.2, 0) is 6.54 Å². The highest BCUT2D eigenvalue weighted by Gasteiger charge is 2.11. The van der Waals surface area contributed by atoms with Gasteiger partial charge in [-0.3, -0.25) is 4.79 Å². The number of thiazole rings is 1. The van der Waals surface area contributed by atoms with Gasteiger partial charge in [0.2, 0.25) is 0 Å². The van der Waals surface area contributed by atoms with E-state index < -0.39 is 0 Å².